The van der Waals surface area contributed by atoms with E-state index in [9.17, 15) is 0 Å². The van der Waals surface area contributed by atoms with Crippen LogP contribution in [0.2, 0.25) is 0 Å². The Kier molecular flexibility index (Phi) is 5.90. The summed E-state index contributed by atoms with van der Waals surface area (Å²) in [4.78, 5) is 10.8. The van der Waals surface area contributed by atoms with Gasteiger partial charge in [0.25, 0.3) is 0 Å². The molecule has 0 saturated carbocycles. The van der Waals surface area contributed by atoms with Crippen LogP contribution in [0.3, 0.4) is 0 Å². The summed E-state index contributed by atoms with van der Waals surface area (Å²) in [5.41, 5.74) is 7.73. The zero-order valence-corrected chi connectivity index (χ0v) is 29.1. The third-order valence-electron chi connectivity index (χ3n) is 10.8. The van der Waals surface area contributed by atoms with Gasteiger partial charge in [-0.15, -0.1) is 11.3 Å². The Balaban J connectivity index is 1.18. The molecule has 4 heterocycles. The van der Waals surface area contributed by atoms with Gasteiger partial charge in [-0.25, -0.2) is 4.98 Å². The maximum atomic E-state index is 6.56. The van der Waals surface area contributed by atoms with E-state index < -0.39 is 0 Å². The van der Waals surface area contributed by atoms with Crippen LogP contribution in [0.5, 0.6) is 0 Å². The molecule has 5 heteroatoms. The molecule has 0 aliphatic rings. The molecule has 0 unspecified atom stereocenters. The Morgan fingerprint density at radius 2 is 1.13 bits per heavy atom. The molecular formula is C48H27N3OS. The summed E-state index contributed by atoms with van der Waals surface area (Å²) in [6.07, 6.45) is 0. The average molecular weight is 694 g/mol. The first-order valence-electron chi connectivity index (χ1n) is 17.8. The third kappa shape index (κ3) is 4.11. The molecule has 0 saturated heterocycles. The van der Waals surface area contributed by atoms with Gasteiger partial charge in [0.2, 0.25) is 11.7 Å². The fourth-order valence-electron chi connectivity index (χ4n) is 8.44. The average Bonchev–Trinajstić information content (AvgIpc) is 3.90. The highest BCUT2D eigenvalue weighted by Gasteiger charge is 2.25. The molecule has 0 aliphatic carbocycles. The third-order valence-corrected chi connectivity index (χ3v) is 12.0. The number of benzene rings is 8. The molecule has 4 nitrogen and oxygen atoms in total. The van der Waals surface area contributed by atoms with Crippen molar-refractivity contribution in [1.29, 1.82) is 0 Å². The summed E-state index contributed by atoms with van der Waals surface area (Å²) in [5, 5.41) is 11.7. The lowest BCUT2D eigenvalue weighted by Crippen LogP contribution is -2.03. The molecule has 12 rings (SSSR count). The highest BCUT2D eigenvalue weighted by atomic mass is 32.1. The molecule has 246 valence electrons. The Morgan fingerprint density at radius 1 is 0.472 bits per heavy atom. The molecule has 0 N–H and O–H groups in total. The van der Waals surface area contributed by atoms with Crippen molar-refractivity contribution in [3.8, 4) is 28.3 Å². The normalized spacial score (nSPS) is 12.2. The van der Waals surface area contributed by atoms with Crippen LogP contribution in [-0.2, 0) is 0 Å². The Labute approximate surface area is 306 Å². The smallest absolute Gasteiger partial charge is 0.238 e. The number of aromatic nitrogens is 3. The molecule has 0 aliphatic heterocycles. The van der Waals surface area contributed by atoms with Crippen molar-refractivity contribution in [2.45, 2.75) is 0 Å². The first kappa shape index (κ1) is 28.8. The quantitative estimate of drug-likeness (QED) is 0.185. The standard InChI is InChI=1S/C48H27N3OS/c1-2-12-31-27-32(26-23-28(31)11-1)29-21-24-30(25-22-29)44-42-36-16-6-9-19-39(36)52-47(42)50-48(49-44)51-38-18-8-5-15-35(38)41-33-13-3-4-14-34(33)46-43(45(41)51)37-17-7-10-20-40(37)53-46/h1-27H. The molecule has 0 bridgehead atoms. The van der Waals surface area contributed by atoms with Crippen molar-refractivity contribution in [3.63, 3.8) is 0 Å². The van der Waals surface area contributed by atoms with Crippen LogP contribution < -0.4 is 0 Å². The van der Waals surface area contributed by atoms with Gasteiger partial charge in [-0.2, -0.15) is 4.98 Å². The molecule has 0 radical (unpaired) electrons. The molecule has 4 aromatic heterocycles. The molecular weight excluding hydrogens is 667 g/mol. The van der Waals surface area contributed by atoms with Crippen LogP contribution in [0.15, 0.2) is 168 Å². The van der Waals surface area contributed by atoms with Crippen molar-refractivity contribution >= 4 is 96.9 Å². The second kappa shape index (κ2) is 10.8. The summed E-state index contributed by atoms with van der Waals surface area (Å²) in [5.74, 6) is 0.586. The number of hydrogen-bond acceptors (Lipinski definition) is 4. The Hall–Kier alpha value is -6.82. The number of hydrogen-bond donors (Lipinski definition) is 0. The summed E-state index contributed by atoms with van der Waals surface area (Å²) in [6, 6.07) is 58.3. The van der Waals surface area contributed by atoms with Crippen LogP contribution in [0.25, 0.3) is 114 Å². The van der Waals surface area contributed by atoms with Crippen molar-refractivity contribution in [3.05, 3.63) is 164 Å². The first-order valence-corrected chi connectivity index (χ1v) is 18.6. The van der Waals surface area contributed by atoms with Crippen LogP contribution in [0.4, 0.5) is 0 Å². The minimum Gasteiger partial charge on any atom is -0.437 e. The molecule has 12 aromatic rings. The van der Waals surface area contributed by atoms with E-state index in [2.05, 4.69) is 150 Å². The lowest BCUT2D eigenvalue weighted by atomic mass is 9.99. The highest BCUT2D eigenvalue weighted by molar-refractivity contribution is 7.27. The number of para-hydroxylation sites is 2. The van der Waals surface area contributed by atoms with Gasteiger partial charge in [-0.3, -0.25) is 4.57 Å². The van der Waals surface area contributed by atoms with Gasteiger partial charge < -0.3 is 4.42 Å². The number of nitrogens with zero attached hydrogens (tertiary/aromatic N) is 3. The molecule has 0 fully saturated rings. The minimum atomic E-state index is 0.572. The van der Waals surface area contributed by atoms with Crippen molar-refractivity contribution in [2.75, 3.05) is 0 Å². The van der Waals surface area contributed by atoms with E-state index in [1.165, 1.54) is 58.1 Å². The van der Waals surface area contributed by atoms with Gasteiger partial charge in [0, 0.05) is 47.3 Å². The van der Waals surface area contributed by atoms with E-state index in [-0.39, 0.29) is 0 Å². The molecule has 0 atom stereocenters. The fourth-order valence-corrected chi connectivity index (χ4v) is 9.68. The summed E-state index contributed by atoms with van der Waals surface area (Å²) < 4.78 is 11.4. The number of fused-ring (bicyclic) bond motifs is 14. The maximum absolute atomic E-state index is 6.56. The Morgan fingerprint density at radius 3 is 2.00 bits per heavy atom. The zero-order chi connectivity index (χ0) is 34.6. The lowest BCUT2D eigenvalue weighted by Gasteiger charge is -2.12. The van der Waals surface area contributed by atoms with Crippen LogP contribution in [0, 0.1) is 0 Å². The second-order valence-electron chi connectivity index (χ2n) is 13.7. The maximum Gasteiger partial charge on any atom is 0.238 e. The van der Waals surface area contributed by atoms with Crippen LogP contribution in [-0.4, -0.2) is 14.5 Å². The highest BCUT2D eigenvalue weighted by Crippen LogP contribution is 2.48. The Bertz CT molecular complexity index is 3460. The monoisotopic (exact) mass is 693 g/mol. The van der Waals surface area contributed by atoms with E-state index >= 15 is 0 Å². The van der Waals surface area contributed by atoms with Crippen LogP contribution >= 0.6 is 11.3 Å². The lowest BCUT2D eigenvalue weighted by molar-refractivity contribution is 0.651. The topological polar surface area (TPSA) is 43.9 Å². The fraction of sp³-hybridized carbons (Fsp3) is 0. The SMILES string of the molecule is c1ccc2cc(-c3ccc(-c4nc(-n5c6ccccc6c6c7ccccc7c7sc8ccccc8c7c65)nc5oc6ccccc6c45)cc3)ccc2c1. The van der Waals surface area contributed by atoms with Gasteiger partial charge in [-0.1, -0.05) is 140 Å². The van der Waals surface area contributed by atoms with E-state index in [1.807, 2.05) is 29.5 Å². The molecule has 8 aromatic carbocycles. The summed E-state index contributed by atoms with van der Waals surface area (Å²) in [6.45, 7) is 0. The molecule has 0 amide bonds. The summed E-state index contributed by atoms with van der Waals surface area (Å²) >= 11 is 1.85. The minimum absolute atomic E-state index is 0.572. The van der Waals surface area contributed by atoms with Gasteiger partial charge in [0.15, 0.2) is 0 Å². The second-order valence-corrected chi connectivity index (χ2v) is 14.8. The van der Waals surface area contributed by atoms with Gasteiger partial charge in [0.05, 0.1) is 22.1 Å². The zero-order valence-electron chi connectivity index (χ0n) is 28.2. The molecule has 53 heavy (non-hydrogen) atoms. The van der Waals surface area contributed by atoms with Crippen molar-refractivity contribution < 1.29 is 4.42 Å². The number of rotatable bonds is 3. The predicted molar refractivity (Wildman–Crippen MR) is 222 cm³/mol. The van der Waals surface area contributed by atoms with Gasteiger partial charge in [0.1, 0.15) is 5.58 Å². The van der Waals surface area contributed by atoms with Gasteiger partial charge in [-0.05, 0) is 51.6 Å². The first-order chi connectivity index (χ1) is 26.3. The van der Waals surface area contributed by atoms with Crippen molar-refractivity contribution in [2.24, 2.45) is 0 Å². The van der Waals surface area contributed by atoms with E-state index in [4.69, 9.17) is 14.4 Å². The van der Waals surface area contributed by atoms with Gasteiger partial charge >= 0.3 is 0 Å². The van der Waals surface area contributed by atoms with Crippen molar-refractivity contribution in [1.82, 2.24) is 14.5 Å². The van der Waals surface area contributed by atoms with E-state index in [0.717, 1.165) is 44.2 Å². The number of thiophene rings is 1. The van der Waals surface area contributed by atoms with E-state index in [1.54, 1.807) is 0 Å². The predicted octanol–water partition coefficient (Wildman–Crippen LogP) is 13.5. The summed E-state index contributed by atoms with van der Waals surface area (Å²) in [7, 11) is 0. The van der Waals surface area contributed by atoms with E-state index in [0.29, 0.717) is 11.7 Å². The molecule has 0 spiro atoms. The van der Waals surface area contributed by atoms with Crippen LogP contribution in [0.1, 0.15) is 0 Å². The largest absolute Gasteiger partial charge is 0.437 e. The number of furan rings is 1.